The van der Waals surface area contributed by atoms with E-state index in [0.29, 0.717) is 11.6 Å². The molecule has 25 heavy (non-hydrogen) atoms. The lowest BCUT2D eigenvalue weighted by molar-refractivity contribution is -0.126. The molecule has 3 atom stereocenters. The Bertz CT molecular complexity index is 623. The summed E-state index contributed by atoms with van der Waals surface area (Å²) >= 11 is 5.69. The number of nitrogens with one attached hydrogen (secondary N) is 2. The zero-order valence-electron chi connectivity index (χ0n) is 13.6. The van der Waals surface area contributed by atoms with Gasteiger partial charge in [-0.3, -0.25) is 4.79 Å². The fourth-order valence-electron chi connectivity index (χ4n) is 2.12. The Kier molecular flexibility index (Phi) is 7.03. The van der Waals surface area contributed by atoms with Gasteiger partial charge in [-0.1, -0.05) is 47.1 Å². The number of hydrogen-bond acceptors (Lipinski definition) is 6. The molecule has 1 unspecified atom stereocenters. The van der Waals surface area contributed by atoms with Crippen molar-refractivity contribution in [2.45, 2.75) is 38.2 Å². The number of amides is 2. The predicted molar refractivity (Wildman–Crippen MR) is 91.0 cm³/mol. The fourth-order valence-corrected chi connectivity index (χ4v) is 2.34. The van der Waals surface area contributed by atoms with Gasteiger partial charge in [-0.15, -0.1) is 0 Å². The van der Waals surface area contributed by atoms with Crippen LogP contribution in [0.3, 0.4) is 0 Å². The van der Waals surface area contributed by atoms with E-state index >= 15 is 0 Å². The lowest BCUT2D eigenvalue weighted by Crippen LogP contribution is -2.53. The largest absolute Gasteiger partial charge is 0.445 e. The van der Waals surface area contributed by atoms with Crippen LogP contribution in [0.4, 0.5) is 4.79 Å². The summed E-state index contributed by atoms with van der Waals surface area (Å²) in [6, 6.07) is 7.96. The first-order valence-electron chi connectivity index (χ1n) is 7.77. The van der Waals surface area contributed by atoms with Gasteiger partial charge in [-0.2, -0.15) is 0 Å². The molecule has 1 heterocycles. The molecule has 136 valence electrons. The first kappa shape index (κ1) is 19.0. The molecule has 0 saturated heterocycles. The SMILES string of the molecule is C[C@@H](O)[C@H](NC(=O)OCc1ccccc1)C(=O)NCC1CC(Cl)=NO1. The van der Waals surface area contributed by atoms with Gasteiger partial charge < -0.3 is 25.3 Å². The maximum absolute atomic E-state index is 12.2. The maximum atomic E-state index is 12.2. The summed E-state index contributed by atoms with van der Waals surface area (Å²) in [6.07, 6.45) is -1.87. The van der Waals surface area contributed by atoms with Crippen molar-refractivity contribution in [2.75, 3.05) is 6.54 Å². The molecule has 0 aromatic heterocycles. The Balaban J connectivity index is 1.78. The minimum atomic E-state index is -1.15. The second kappa shape index (κ2) is 9.24. The van der Waals surface area contributed by atoms with Gasteiger partial charge in [0.05, 0.1) is 12.6 Å². The van der Waals surface area contributed by atoms with Gasteiger partial charge in [0, 0.05) is 6.42 Å². The number of aliphatic hydroxyl groups is 1. The standard InChI is InChI=1S/C16H20ClN3O5/c1-10(21)14(15(22)18-8-12-7-13(17)20-25-12)19-16(23)24-9-11-5-3-2-4-6-11/h2-6,10,12,14,21H,7-9H2,1H3,(H,18,22)(H,19,23)/t10-,12?,14+/m1/s1. The minimum Gasteiger partial charge on any atom is -0.445 e. The van der Waals surface area contributed by atoms with Crippen LogP contribution < -0.4 is 10.6 Å². The van der Waals surface area contributed by atoms with Crippen LogP contribution in [-0.2, 0) is 21.0 Å². The fraction of sp³-hybridized carbons (Fsp3) is 0.438. The molecule has 1 aromatic carbocycles. The van der Waals surface area contributed by atoms with Crippen LogP contribution in [-0.4, -0.2) is 47.1 Å². The lowest BCUT2D eigenvalue weighted by atomic mass is 10.1. The molecule has 2 rings (SSSR count). The van der Waals surface area contributed by atoms with Gasteiger partial charge in [0.25, 0.3) is 0 Å². The summed E-state index contributed by atoms with van der Waals surface area (Å²) < 4.78 is 5.05. The van der Waals surface area contributed by atoms with Crippen molar-refractivity contribution in [2.24, 2.45) is 5.16 Å². The molecule has 0 radical (unpaired) electrons. The van der Waals surface area contributed by atoms with E-state index in [2.05, 4.69) is 15.8 Å². The zero-order valence-corrected chi connectivity index (χ0v) is 14.4. The van der Waals surface area contributed by atoms with Crippen LogP contribution in [0, 0.1) is 0 Å². The number of carbonyl (C=O) groups is 2. The lowest BCUT2D eigenvalue weighted by Gasteiger charge is -2.21. The molecule has 0 saturated carbocycles. The third kappa shape index (κ3) is 6.24. The molecule has 3 N–H and O–H groups in total. The molecule has 1 aromatic rings. The van der Waals surface area contributed by atoms with E-state index in [1.165, 1.54) is 6.92 Å². The van der Waals surface area contributed by atoms with E-state index in [4.69, 9.17) is 21.2 Å². The van der Waals surface area contributed by atoms with Crippen LogP contribution in [0.5, 0.6) is 0 Å². The second-order valence-electron chi connectivity index (χ2n) is 5.57. The molecular formula is C16H20ClN3O5. The third-order valence-corrected chi connectivity index (χ3v) is 3.68. The van der Waals surface area contributed by atoms with Crippen LogP contribution >= 0.6 is 11.6 Å². The monoisotopic (exact) mass is 369 g/mol. The first-order chi connectivity index (χ1) is 12.0. The Morgan fingerprint density at radius 2 is 2.16 bits per heavy atom. The Morgan fingerprint density at radius 3 is 2.76 bits per heavy atom. The van der Waals surface area contributed by atoms with E-state index < -0.39 is 24.1 Å². The van der Waals surface area contributed by atoms with Crippen LogP contribution in [0.15, 0.2) is 35.5 Å². The van der Waals surface area contributed by atoms with Gasteiger partial charge in [0.15, 0.2) is 6.10 Å². The van der Waals surface area contributed by atoms with Gasteiger partial charge in [0.1, 0.15) is 17.8 Å². The highest BCUT2D eigenvalue weighted by Gasteiger charge is 2.28. The van der Waals surface area contributed by atoms with Crippen molar-refractivity contribution >= 4 is 28.8 Å². The number of aliphatic hydroxyl groups excluding tert-OH is 1. The van der Waals surface area contributed by atoms with Crippen molar-refractivity contribution in [1.82, 2.24) is 10.6 Å². The molecular weight excluding hydrogens is 350 g/mol. The highest BCUT2D eigenvalue weighted by Crippen LogP contribution is 2.11. The number of benzene rings is 1. The third-order valence-electron chi connectivity index (χ3n) is 3.45. The number of alkyl carbamates (subject to hydrolysis) is 1. The summed E-state index contributed by atoms with van der Waals surface area (Å²) in [5.41, 5.74) is 0.811. The van der Waals surface area contributed by atoms with E-state index in [0.717, 1.165) is 5.56 Å². The van der Waals surface area contributed by atoms with Gasteiger partial charge in [-0.25, -0.2) is 4.79 Å². The van der Waals surface area contributed by atoms with E-state index in [9.17, 15) is 14.7 Å². The average molecular weight is 370 g/mol. The highest BCUT2D eigenvalue weighted by molar-refractivity contribution is 6.65. The van der Waals surface area contributed by atoms with Crippen molar-refractivity contribution < 1.29 is 24.3 Å². The highest BCUT2D eigenvalue weighted by atomic mass is 35.5. The second-order valence-corrected chi connectivity index (χ2v) is 6.00. The topological polar surface area (TPSA) is 109 Å². The summed E-state index contributed by atoms with van der Waals surface area (Å²) in [7, 11) is 0. The molecule has 8 nitrogen and oxygen atoms in total. The quantitative estimate of drug-likeness (QED) is 0.667. The van der Waals surface area contributed by atoms with Crippen molar-refractivity contribution in [3.8, 4) is 0 Å². The predicted octanol–water partition coefficient (Wildman–Crippen LogP) is 1.12. The smallest absolute Gasteiger partial charge is 0.408 e. The minimum absolute atomic E-state index is 0.0621. The maximum Gasteiger partial charge on any atom is 0.408 e. The first-order valence-corrected chi connectivity index (χ1v) is 8.14. The van der Waals surface area contributed by atoms with E-state index in [-0.39, 0.29) is 19.3 Å². The Labute approximate surface area is 150 Å². The number of rotatable bonds is 7. The zero-order chi connectivity index (χ0) is 18.2. The summed E-state index contributed by atoms with van der Waals surface area (Å²) in [6.45, 7) is 1.61. The Morgan fingerprint density at radius 1 is 1.44 bits per heavy atom. The number of carbonyl (C=O) groups excluding carboxylic acids is 2. The average Bonchev–Trinajstić information content (AvgIpc) is 3.02. The summed E-state index contributed by atoms with van der Waals surface area (Å²) in [4.78, 5) is 29.0. The van der Waals surface area contributed by atoms with Crippen molar-refractivity contribution in [3.05, 3.63) is 35.9 Å². The van der Waals surface area contributed by atoms with Crippen molar-refractivity contribution in [3.63, 3.8) is 0 Å². The van der Waals surface area contributed by atoms with Crippen LogP contribution in [0.1, 0.15) is 18.9 Å². The van der Waals surface area contributed by atoms with E-state index in [1.807, 2.05) is 18.2 Å². The number of ether oxygens (including phenoxy) is 1. The molecule has 0 bridgehead atoms. The van der Waals surface area contributed by atoms with E-state index in [1.54, 1.807) is 12.1 Å². The summed E-state index contributed by atoms with van der Waals surface area (Å²) in [5.74, 6) is -0.557. The molecule has 1 aliphatic rings. The molecule has 2 amide bonds. The molecule has 9 heteroatoms. The number of hydrogen-bond donors (Lipinski definition) is 3. The Hall–Kier alpha value is -2.32. The summed E-state index contributed by atoms with van der Waals surface area (Å²) in [5, 5.41) is 18.6. The van der Waals surface area contributed by atoms with Gasteiger partial charge >= 0.3 is 6.09 Å². The molecule has 1 aliphatic heterocycles. The molecule has 0 aliphatic carbocycles. The number of nitrogens with zero attached hydrogens (tertiary/aromatic N) is 1. The van der Waals surface area contributed by atoms with Crippen molar-refractivity contribution in [1.29, 1.82) is 0 Å². The van der Waals surface area contributed by atoms with Crippen LogP contribution in [0.25, 0.3) is 0 Å². The number of halogens is 1. The van der Waals surface area contributed by atoms with Gasteiger partial charge in [-0.05, 0) is 12.5 Å². The normalized spacial score (nSPS) is 18.5. The van der Waals surface area contributed by atoms with Gasteiger partial charge in [0.2, 0.25) is 5.91 Å². The number of oxime groups is 1. The van der Waals surface area contributed by atoms with Crippen LogP contribution in [0.2, 0.25) is 0 Å². The molecule has 0 fully saturated rings. The molecule has 0 spiro atoms.